The van der Waals surface area contributed by atoms with Crippen LogP contribution in [-0.2, 0) is 22.7 Å². The van der Waals surface area contributed by atoms with Crippen molar-refractivity contribution >= 4 is 17.8 Å². The minimum atomic E-state index is -0.412. The molecule has 0 aliphatic carbocycles. The Morgan fingerprint density at radius 1 is 1.00 bits per heavy atom. The second kappa shape index (κ2) is 8.69. The van der Waals surface area contributed by atoms with Crippen LogP contribution in [0.15, 0.2) is 48.5 Å². The van der Waals surface area contributed by atoms with E-state index < -0.39 is 6.03 Å². The summed E-state index contributed by atoms with van der Waals surface area (Å²) in [5.41, 5.74) is 4.08. The molecule has 0 radical (unpaired) electrons. The van der Waals surface area contributed by atoms with Crippen molar-refractivity contribution in [2.24, 2.45) is 0 Å². The Bertz CT molecular complexity index is 860. The monoisotopic (exact) mass is 379 g/mol. The van der Waals surface area contributed by atoms with Crippen molar-refractivity contribution < 1.29 is 14.4 Å². The number of imide groups is 1. The van der Waals surface area contributed by atoms with Crippen LogP contribution >= 0.6 is 0 Å². The molecular weight excluding hydrogens is 354 g/mol. The van der Waals surface area contributed by atoms with E-state index >= 15 is 0 Å². The SMILES string of the molecule is Cc1cc(C)cc(CN2C(=O)CCN(CC(=O)NCc3ccccc3)C2=O)c1. The van der Waals surface area contributed by atoms with Gasteiger partial charge in [0.1, 0.15) is 6.54 Å². The maximum absolute atomic E-state index is 12.8. The third-order valence-electron chi connectivity index (χ3n) is 4.69. The van der Waals surface area contributed by atoms with Gasteiger partial charge in [0.2, 0.25) is 11.8 Å². The minimum Gasteiger partial charge on any atom is -0.350 e. The molecule has 6 nitrogen and oxygen atoms in total. The molecule has 0 atom stereocenters. The molecular formula is C22H25N3O3. The van der Waals surface area contributed by atoms with Crippen LogP contribution < -0.4 is 5.32 Å². The number of carbonyl (C=O) groups is 3. The molecule has 0 aromatic heterocycles. The van der Waals surface area contributed by atoms with E-state index in [1.54, 1.807) is 0 Å². The summed E-state index contributed by atoms with van der Waals surface area (Å²) in [5, 5.41) is 2.82. The van der Waals surface area contributed by atoms with Crippen molar-refractivity contribution in [2.45, 2.75) is 33.4 Å². The number of benzene rings is 2. The van der Waals surface area contributed by atoms with Crippen LogP contribution in [0.3, 0.4) is 0 Å². The molecule has 146 valence electrons. The molecule has 1 saturated heterocycles. The first-order valence-corrected chi connectivity index (χ1v) is 9.39. The molecule has 4 amide bonds. The smallest absolute Gasteiger partial charge is 0.327 e. The standard InChI is InChI=1S/C22H25N3O3/c1-16-10-17(2)12-19(11-16)14-25-21(27)8-9-24(22(25)28)15-20(26)23-13-18-6-4-3-5-7-18/h3-7,10-12H,8-9,13-15H2,1-2H3,(H,23,26). The van der Waals surface area contributed by atoms with E-state index in [0.717, 1.165) is 22.3 Å². The average Bonchev–Trinajstić information content (AvgIpc) is 2.66. The van der Waals surface area contributed by atoms with Gasteiger partial charge in [0.25, 0.3) is 0 Å². The van der Waals surface area contributed by atoms with Gasteiger partial charge in [-0.05, 0) is 25.0 Å². The Labute approximate surface area is 165 Å². The van der Waals surface area contributed by atoms with Gasteiger partial charge in [-0.15, -0.1) is 0 Å². The molecule has 0 spiro atoms. The van der Waals surface area contributed by atoms with Crippen molar-refractivity contribution in [3.8, 4) is 0 Å². The Hall–Kier alpha value is -3.15. The summed E-state index contributed by atoms with van der Waals surface area (Å²) >= 11 is 0. The lowest BCUT2D eigenvalue weighted by Crippen LogP contribution is -2.54. The van der Waals surface area contributed by atoms with Gasteiger partial charge in [-0.25, -0.2) is 4.79 Å². The zero-order chi connectivity index (χ0) is 20.1. The van der Waals surface area contributed by atoms with Crippen molar-refractivity contribution in [3.05, 3.63) is 70.8 Å². The average molecular weight is 379 g/mol. The van der Waals surface area contributed by atoms with E-state index in [-0.39, 0.29) is 37.9 Å². The molecule has 1 heterocycles. The van der Waals surface area contributed by atoms with Crippen LogP contribution in [-0.4, -0.2) is 40.7 Å². The largest absolute Gasteiger partial charge is 0.350 e. The van der Waals surface area contributed by atoms with Crippen LogP contribution in [0.5, 0.6) is 0 Å². The Morgan fingerprint density at radius 3 is 2.36 bits per heavy atom. The number of aryl methyl sites for hydroxylation is 2. The van der Waals surface area contributed by atoms with Gasteiger partial charge in [0.15, 0.2) is 0 Å². The molecule has 1 aliphatic rings. The van der Waals surface area contributed by atoms with Crippen LogP contribution in [0.1, 0.15) is 28.7 Å². The summed E-state index contributed by atoms with van der Waals surface area (Å²) < 4.78 is 0. The summed E-state index contributed by atoms with van der Waals surface area (Å²) in [4.78, 5) is 40.0. The Morgan fingerprint density at radius 2 is 1.68 bits per heavy atom. The van der Waals surface area contributed by atoms with E-state index in [0.29, 0.717) is 6.54 Å². The highest BCUT2D eigenvalue weighted by atomic mass is 16.2. The molecule has 28 heavy (non-hydrogen) atoms. The Kier molecular flexibility index (Phi) is 6.09. The molecule has 1 N–H and O–H groups in total. The van der Waals surface area contributed by atoms with E-state index in [1.807, 2.05) is 62.4 Å². The predicted molar refractivity (Wildman–Crippen MR) is 106 cm³/mol. The number of carbonyl (C=O) groups excluding carboxylic acids is 3. The maximum atomic E-state index is 12.8. The highest BCUT2D eigenvalue weighted by molar-refractivity contribution is 5.98. The highest BCUT2D eigenvalue weighted by Crippen LogP contribution is 2.17. The summed E-state index contributed by atoms with van der Waals surface area (Å²) in [5.74, 6) is -0.442. The third-order valence-corrected chi connectivity index (χ3v) is 4.69. The molecule has 1 fully saturated rings. The van der Waals surface area contributed by atoms with Gasteiger partial charge in [-0.1, -0.05) is 59.7 Å². The number of urea groups is 1. The van der Waals surface area contributed by atoms with Crippen molar-refractivity contribution in [2.75, 3.05) is 13.1 Å². The number of hydrogen-bond acceptors (Lipinski definition) is 3. The molecule has 2 aromatic rings. The lowest BCUT2D eigenvalue weighted by molar-refractivity contribution is -0.133. The number of nitrogens with one attached hydrogen (secondary N) is 1. The maximum Gasteiger partial charge on any atom is 0.327 e. The summed E-state index contributed by atoms with van der Waals surface area (Å²) in [7, 11) is 0. The van der Waals surface area contributed by atoms with Crippen molar-refractivity contribution in [3.63, 3.8) is 0 Å². The summed E-state index contributed by atoms with van der Waals surface area (Å²) in [6.07, 6.45) is 0.225. The van der Waals surface area contributed by atoms with Gasteiger partial charge in [-0.2, -0.15) is 0 Å². The predicted octanol–water partition coefficient (Wildman–Crippen LogP) is 2.77. The number of rotatable bonds is 6. The topological polar surface area (TPSA) is 69.7 Å². The molecule has 6 heteroatoms. The number of amides is 4. The molecule has 3 rings (SSSR count). The van der Waals surface area contributed by atoms with Crippen molar-refractivity contribution in [1.29, 1.82) is 0 Å². The van der Waals surface area contributed by atoms with Crippen LogP contribution in [0, 0.1) is 13.8 Å². The zero-order valence-electron chi connectivity index (χ0n) is 16.3. The fraction of sp³-hybridized carbons (Fsp3) is 0.318. The zero-order valence-corrected chi connectivity index (χ0v) is 16.3. The molecule has 0 saturated carbocycles. The summed E-state index contributed by atoms with van der Waals surface area (Å²) in [6, 6.07) is 15.2. The van der Waals surface area contributed by atoms with Gasteiger partial charge < -0.3 is 10.2 Å². The van der Waals surface area contributed by atoms with E-state index in [2.05, 4.69) is 5.32 Å². The van der Waals surface area contributed by atoms with Crippen LogP contribution in [0.2, 0.25) is 0 Å². The molecule has 1 aliphatic heterocycles. The molecule has 0 unspecified atom stereocenters. The number of hydrogen-bond donors (Lipinski definition) is 1. The lowest BCUT2D eigenvalue weighted by atomic mass is 10.1. The third kappa shape index (κ3) is 4.97. The lowest BCUT2D eigenvalue weighted by Gasteiger charge is -2.34. The van der Waals surface area contributed by atoms with Gasteiger partial charge >= 0.3 is 6.03 Å². The first kappa shape index (κ1) is 19.6. The van der Waals surface area contributed by atoms with E-state index in [1.165, 1.54) is 9.80 Å². The van der Waals surface area contributed by atoms with Gasteiger partial charge in [0.05, 0.1) is 6.54 Å². The quantitative estimate of drug-likeness (QED) is 0.839. The van der Waals surface area contributed by atoms with Crippen molar-refractivity contribution in [1.82, 2.24) is 15.1 Å². The van der Waals surface area contributed by atoms with Crippen LogP contribution in [0.4, 0.5) is 4.79 Å². The normalized spacial score (nSPS) is 14.4. The molecule has 2 aromatic carbocycles. The molecule has 0 bridgehead atoms. The first-order chi connectivity index (χ1) is 13.4. The van der Waals surface area contributed by atoms with Gasteiger partial charge in [0, 0.05) is 19.5 Å². The highest BCUT2D eigenvalue weighted by Gasteiger charge is 2.32. The van der Waals surface area contributed by atoms with E-state index in [9.17, 15) is 14.4 Å². The van der Waals surface area contributed by atoms with E-state index in [4.69, 9.17) is 0 Å². The Balaban J connectivity index is 1.60. The summed E-state index contributed by atoms with van der Waals surface area (Å²) in [6.45, 7) is 4.82. The second-order valence-electron chi connectivity index (χ2n) is 7.19. The fourth-order valence-corrected chi connectivity index (χ4v) is 3.41. The number of nitrogens with zero attached hydrogens (tertiary/aromatic N) is 2. The minimum absolute atomic E-state index is 0.0533. The first-order valence-electron chi connectivity index (χ1n) is 9.39. The van der Waals surface area contributed by atoms with Crippen LogP contribution in [0.25, 0.3) is 0 Å². The van der Waals surface area contributed by atoms with Gasteiger partial charge in [-0.3, -0.25) is 14.5 Å². The fourth-order valence-electron chi connectivity index (χ4n) is 3.41. The second-order valence-corrected chi connectivity index (χ2v) is 7.19.